The second-order valence-electron chi connectivity index (χ2n) is 6.23. The zero-order valence-electron chi connectivity index (χ0n) is 11.3. The van der Waals surface area contributed by atoms with Crippen molar-refractivity contribution in [1.82, 2.24) is 5.32 Å². The lowest BCUT2D eigenvalue weighted by Crippen LogP contribution is -2.30. The van der Waals surface area contributed by atoms with Gasteiger partial charge in [0.1, 0.15) is 0 Å². The highest BCUT2D eigenvalue weighted by Gasteiger charge is 2.53. The molecule has 0 aliphatic heterocycles. The Labute approximate surface area is 122 Å². The fraction of sp³-hybridized carbons (Fsp3) is 0.438. The van der Waals surface area contributed by atoms with Gasteiger partial charge in [0, 0.05) is 16.9 Å². The molecule has 0 radical (unpaired) electrons. The SMILES string of the molecule is Nc1ccc2sc(C(=O)NCC3(C4CC4)CC3)cc2c1. The first-order valence-corrected chi connectivity index (χ1v) is 8.05. The molecule has 3 N–H and O–H groups in total. The lowest BCUT2D eigenvalue weighted by atomic mass is 10.0. The van der Waals surface area contributed by atoms with Crippen LogP contribution in [0.15, 0.2) is 24.3 Å². The number of hydrogen-bond donors (Lipinski definition) is 2. The number of carbonyl (C=O) groups excluding carboxylic acids is 1. The van der Waals surface area contributed by atoms with Gasteiger partial charge in [0.25, 0.3) is 5.91 Å². The summed E-state index contributed by atoms with van der Waals surface area (Å²) in [4.78, 5) is 13.1. The van der Waals surface area contributed by atoms with E-state index in [-0.39, 0.29) is 5.91 Å². The fourth-order valence-electron chi connectivity index (χ4n) is 3.10. The minimum Gasteiger partial charge on any atom is -0.399 e. The maximum atomic E-state index is 12.3. The van der Waals surface area contributed by atoms with E-state index in [0.29, 0.717) is 5.41 Å². The Hall–Kier alpha value is -1.55. The van der Waals surface area contributed by atoms with Crippen LogP contribution in [0.5, 0.6) is 0 Å². The molecule has 2 aliphatic carbocycles. The van der Waals surface area contributed by atoms with Gasteiger partial charge in [-0.25, -0.2) is 0 Å². The Morgan fingerprint density at radius 1 is 1.35 bits per heavy atom. The molecule has 0 unspecified atom stereocenters. The van der Waals surface area contributed by atoms with E-state index in [0.717, 1.165) is 33.1 Å². The van der Waals surface area contributed by atoms with Crippen molar-refractivity contribution in [2.75, 3.05) is 12.3 Å². The van der Waals surface area contributed by atoms with Crippen molar-refractivity contribution < 1.29 is 4.79 Å². The second kappa shape index (κ2) is 4.22. The quantitative estimate of drug-likeness (QED) is 0.846. The van der Waals surface area contributed by atoms with Crippen LogP contribution >= 0.6 is 11.3 Å². The zero-order valence-corrected chi connectivity index (χ0v) is 12.1. The molecule has 104 valence electrons. The minimum absolute atomic E-state index is 0.0664. The number of nitrogens with one attached hydrogen (secondary N) is 1. The first-order valence-electron chi connectivity index (χ1n) is 7.24. The molecule has 20 heavy (non-hydrogen) atoms. The predicted molar refractivity (Wildman–Crippen MR) is 83.0 cm³/mol. The Kier molecular flexibility index (Phi) is 2.58. The van der Waals surface area contributed by atoms with Gasteiger partial charge in [0.2, 0.25) is 0 Å². The second-order valence-corrected chi connectivity index (χ2v) is 7.31. The first kappa shape index (κ1) is 12.2. The molecular formula is C16H18N2OS. The largest absolute Gasteiger partial charge is 0.399 e. The van der Waals surface area contributed by atoms with E-state index in [4.69, 9.17) is 5.73 Å². The van der Waals surface area contributed by atoms with Crippen molar-refractivity contribution in [3.05, 3.63) is 29.1 Å². The Morgan fingerprint density at radius 3 is 2.85 bits per heavy atom. The molecule has 0 spiro atoms. The third-order valence-corrected chi connectivity index (χ3v) is 5.82. The van der Waals surface area contributed by atoms with Gasteiger partial charge < -0.3 is 11.1 Å². The molecule has 4 heteroatoms. The molecule has 1 aromatic carbocycles. The Bertz CT molecular complexity index is 683. The number of hydrogen-bond acceptors (Lipinski definition) is 3. The monoisotopic (exact) mass is 286 g/mol. The highest BCUT2D eigenvalue weighted by molar-refractivity contribution is 7.20. The van der Waals surface area contributed by atoms with Crippen LogP contribution in [0.25, 0.3) is 10.1 Å². The van der Waals surface area contributed by atoms with Gasteiger partial charge in [-0.05, 0) is 66.7 Å². The number of nitrogen functional groups attached to an aromatic ring is 1. The summed E-state index contributed by atoms with van der Waals surface area (Å²) in [5.74, 6) is 0.946. The summed E-state index contributed by atoms with van der Waals surface area (Å²) in [7, 11) is 0. The molecule has 1 amide bonds. The summed E-state index contributed by atoms with van der Waals surface area (Å²) in [6, 6.07) is 7.74. The number of amides is 1. The Morgan fingerprint density at radius 2 is 2.15 bits per heavy atom. The molecular weight excluding hydrogens is 268 g/mol. The number of carbonyl (C=O) groups is 1. The van der Waals surface area contributed by atoms with Gasteiger partial charge in [0.05, 0.1) is 4.88 Å². The van der Waals surface area contributed by atoms with E-state index >= 15 is 0 Å². The van der Waals surface area contributed by atoms with E-state index in [9.17, 15) is 4.79 Å². The van der Waals surface area contributed by atoms with Gasteiger partial charge in [-0.3, -0.25) is 4.79 Å². The minimum atomic E-state index is 0.0664. The third kappa shape index (κ3) is 2.08. The van der Waals surface area contributed by atoms with E-state index < -0.39 is 0 Å². The van der Waals surface area contributed by atoms with E-state index in [1.807, 2.05) is 24.3 Å². The molecule has 1 aromatic heterocycles. The van der Waals surface area contributed by atoms with Crippen LogP contribution in [0.2, 0.25) is 0 Å². The molecule has 0 saturated heterocycles. The Balaban J connectivity index is 1.49. The lowest BCUT2D eigenvalue weighted by Gasteiger charge is -2.14. The molecule has 1 heterocycles. The van der Waals surface area contributed by atoms with Crippen molar-refractivity contribution in [2.24, 2.45) is 11.3 Å². The molecule has 0 bridgehead atoms. The van der Waals surface area contributed by atoms with Crippen LogP contribution in [0.1, 0.15) is 35.4 Å². The van der Waals surface area contributed by atoms with E-state index in [2.05, 4.69) is 5.32 Å². The fourth-order valence-corrected chi connectivity index (χ4v) is 4.06. The average Bonchev–Trinajstić information content (AvgIpc) is 3.32. The maximum Gasteiger partial charge on any atom is 0.261 e. The maximum absolute atomic E-state index is 12.3. The number of nitrogens with two attached hydrogens (primary N) is 1. The van der Waals surface area contributed by atoms with Crippen LogP contribution in [-0.4, -0.2) is 12.5 Å². The van der Waals surface area contributed by atoms with Crippen molar-refractivity contribution >= 4 is 33.0 Å². The highest BCUT2D eigenvalue weighted by atomic mass is 32.1. The van der Waals surface area contributed by atoms with Crippen molar-refractivity contribution in [1.29, 1.82) is 0 Å². The third-order valence-electron chi connectivity index (χ3n) is 4.70. The number of fused-ring (bicyclic) bond motifs is 1. The van der Waals surface area contributed by atoms with Crippen molar-refractivity contribution in [3.63, 3.8) is 0 Å². The average molecular weight is 286 g/mol. The molecule has 2 fully saturated rings. The van der Waals surface area contributed by atoms with Crippen LogP contribution in [0.4, 0.5) is 5.69 Å². The number of rotatable bonds is 4. The summed E-state index contributed by atoms with van der Waals surface area (Å²) >= 11 is 1.54. The van der Waals surface area contributed by atoms with Gasteiger partial charge in [-0.15, -0.1) is 11.3 Å². The number of anilines is 1. The summed E-state index contributed by atoms with van der Waals surface area (Å²) in [6.07, 6.45) is 5.30. The van der Waals surface area contributed by atoms with Crippen molar-refractivity contribution in [3.8, 4) is 0 Å². The zero-order chi connectivity index (χ0) is 13.7. The standard InChI is InChI=1S/C16H18N2OS/c17-12-3-4-13-10(7-12)8-14(20-13)15(19)18-9-16(5-6-16)11-1-2-11/h3-4,7-8,11H,1-2,5-6,9,17H2,(H,18,19). The van der Waals surface area contributed by atoms with Crippen molar-refractivity contribution in [2.45, 2.75) is 25.7 Å². The summed E-state index contributed by atoms with van der Waals surface area (Å²) in [5, 5.41) is 4.20. The van der Waals surface area contributed by atoms with Gasteiger partial charge in [-0.1, -0.05) is 0 Å². The lowest BCUT2D eigenvalue weighted by molar-refractivity contribution is 0.0947. The summed E-state index contributed by atoms with van der Waals surface area (Å²) < 4.78 is 1.12. The van der Waals surface area contributed by atoms with E-state index in [1.165, 1.54) is 25.7 Å². The molecule has 0 atom stereocenters. The van der Waals surface area contributed by atoms with E-state index in [1.54, 1.807) is 11.3 Å². The van der Waals surface area contributed by atoms with Gasteiger partial charge in [0.15, 0.2) is 0 Å². The van der Waals surface area contributed by atoms with Crippen LogP contribution in [0, 0.1) is 11.3 Å². The number of thiophene rings is 1. The van der Waals surface area contributed by atoms with Crippen LogP contribution < -0.4 is 11.1 Å². The molecule has 3 nitrogen and oxygen atoms in total. The predicted octanol–water partition coefficient (Wildman–Crippen LogP) is 3.40. The summed E-state index contributed by atoms with van der Waals surface area (Å²) in [5.41, 5.74) is 6.98. The molecule has 2 aromatic rings. The molecule has 2 saturated carbocycles. The highest BCUT2D eigenvalue weighted by Crippen LogP contribution is 2.60. The normalized spacial score (nSPS) is 20.0. The molecule has 4 rings (SSSR count). The summed E-state index contributed by atoms with van der Waals surface area (Å²) in [6.45, 7) is 0.854. The smallest absolute Gasteiger partial charge is 0.261 e. The van der Waals surface area contributed by atoms with Gasteiger partial charge in [-0.2, -0.15) is 0 Å². The first-order chi connectivity index (χ1) is 9.66. The van der Waals surface area contributed by atoms with Crippen LogP contribution in [-0.2, 0) is 0 Å². The number of benzene rings is 1. The van der Waals surface area contributed by atoms with Gasteiger partial charge >= 0.3 is 0 Å². The van der Waals surface area contributed by atoms with Crippen LogP contribution in [0.3, 0.4) is 0 Å². The topological polar surface area (TPSA) is 55.1 Å². The molecule has 2 aliphatic rings.